The minimum absolute atomic E-state index is 0.232. The van der Waals surface area contributed by atoms with Crippen LogP contribution in [0.15, 0.2) is 0 Å². The second-order valence-corrected chi connectivity index (χ2v) is 3.33. The van der Waals surface area contributed by atoms with E-state index in [0.29, 0.717) is 6.61 Å². The van der Waals surface area contributed by atoms with E-state index in [1.54, 1.807) is 7.11 Å². The summed E-state index contributed by atoms with van der Waals surface area (Å²) >= 11 is 3.37. The summed E-state index contributed by atoms with van der Waals surface area (Å²) in [4.78, 5) is 0. The largest absolute Gasteiger partial charge is 0.382 e. The van der Waals surface area contributed by atoms with Gasteiger partial charge in [0.05, 0.1) is 12.7 Å². The highest BCUT2D eigenvalue weighted by atomic mass is 79.9. The van der Waals surface area contributed by atoms with E-state index in [1.165, 1.54) is 6.42 Å². The van der Waals surface area contributed by atoms with Crippen molar-refractivity contribution in [2.75, 3.05) is 25.7 Å². The van der Waals surface area contributed by atoms with E-state index in [9.17, 15) is 0 Å². The molecule has 0 fully saturated rings. The maximum atomic E-state index is 5.44. The van der Waals surface area contributed by atoms with Crippen molar-refractivity contribution in [3.8, 4) is 0 Å². The Kier molecular flexibility index (Phi) is 8.81. The maximum absolute atomic E-state index is 5.44. The lowest BCUT2D eigenvalue weighted by atomic mass is 10.3. The summed E-state index contributed by atoms with van der Waals surface area (Å²) in [7, 11) is 1.69. The van der Waals surface area contributed by atoms with E-state index in [4.69, 9.17) is 9.47 Å². The standard InChI is InChI=1S/C8H17BrO2/c1-8(7-10-2)11-6-4-3-5-9/h8H,3-7H2,1-2H3/t8-/m1/s1. The van der Waals surface area contributed by atoms with Crippen molar-refractivity contribution in [3.05, 3.63) is 0 Å². The van der Waals surface area contributed by atoms with Crippen molar-refractivity contribution < 1.29 is 9.47 Å². The first-order chi connectivity index (χ1) is 5.31. The second kappa shape index (κ2) is 8.50. The molecule has 11 heavy (non-hydrogen) atoms. The van der Waals surface area contributed by atoms with Crippen molar-refractivity contribution in [1.29, 1.82) is 0 Å². The maximum Gasteiger partial charge on any atom is 0.0780 e. The highest BCUT2D eigenvalue weighted by Crippen LogP contribution is 1.97. The summed E-state index contributed by atoms with van der Waals surface area (Å²) in [6, 6.07) is 0. The number of hydrogen-bond donors (Lipinski definition) is 0. The molecular weight excluding hydrogens is 208 g/mol. The van der Waals surface area contributed by atoms with Gasteiger partial charge in [-0.05, 0) is 19.8 Å². The minimum atomic E-state index is 0.232. The zero-order valence-electron chi connectivity index (χ0n) is 7.31. The van der Waals surface area contributed by atoms with E-state index >= 15 is 0 Å². The highest BCUT2D eigenvalue weighted by molar-refractivity contribution is 9.09. The van der Waals surface area contributed by atoms with Gasteiger partial charge in [-0.3, -0.25) is 0 Å². The molecule has 0 aromatic rings. The molecule has 0 aliphatic carbocycles. The number of hydrogen-bond acceptors (Lipinski definition) is 2. The molecule has 2 nitrogen and oxygen atoms in total. The molecule has 0 amide bonds. The number of ether oxygens (including phenoxy) is 2. The first kappa shape index (κ1) is 11.4. The Labute approximate surface area is 77.4 Å². The van der Waals surface area contributed by atoms with Crippen LogP contribution in [0.3, 0.4) is 0 Å². The van der Waals surface area contributed by atoms with Gasteiger partial charge in [-0.25, -0.2) is 0 Å². The summed E-state index contributed by atoms with van der Waals surface area (Å²) in [5, 5.41) is 1.06. The van der Waals surface area contributed by atoms with Gasteiger partial charge in [0.1, 0.15) is 0 Å². The van der Waals surface area contributed by atoms with Gasteiger partial charge in [0.25, 0.3) is 0 Å². The lowest BCUT2D eigenvalue weighted by molar-refractivity contribution is 0.00820. The topological polar surface area (TPSA) is 18.5 Å². The molecule has 0 aromatic heterocycles. The monoisotopic (exact) mass is 224 g/mol. The van der Waals surface area contributed by atoms with Crippen LogP contribution >= 0.6 is 15.9 Å². The molecule has 0 aliphatic heterocycles. The van der Waals surface area contributed by atoms with E-state index in [0.717, 1.165) is 18.4 Å². The van der Waals surface area contributed by atoms with Gasteiger partial charge >= 0.3 is 0 Å². The third-order valence-electron chi connectivity index (χ3n) is 1.33. The predicted molar refractivity (Wildman–Crippen MR) is 50.3 cm³/mol. The normalized spacial score (nSPS) is 13.4. The van der Waals surface area contributed by atoms with E-state index in [2.05, 4.69) is 15.9 Å². The number of methoxy groups -OCH3 is 1. The van der Waals surface area contributed by atoms with Gasteiger partial charge < -0.3 is 9.47 Å². The summed E-state index contributed by atoms with van der Waals surface area (Å²) in [5.74, 6) is 0. The molecule has 0 rings (SSSR count). The lowest BCUT2D eigenvalue weighted by Crippen LogP contribution is -2.15. The Bertz CT molecular complexity index is 78.5. The summed E-state index contributed by atoms with van der Waals surface area (Å²) in [5.41, 5.74) is 0. The fourth-order valence-corrected chi connectivity index (χ4v) is 1.16. The quantitative estimate of drug-likeness (QED) is 0.488. The molecule has 0 N–H and O–H groups in total. The van der Waals surface area contributed by atoms with Crippen molar-refractivity contribution in [1.82, 2.24) is 0 Å². The third-order valence-corrected chi connectivity index (χ3v) is 1.89. The minimum Gasteiger partial charge on any atom is -0.382 e. The number of unbranched alkanes of at least 4 members (excludes halogenated alkanes) is 1. The van der Waals surface area contributed by atoms with Gasteiger partial charge in [-0.1, -0.05) is 15.9 Å². The smallest absolute Gasteiger partial charge is 0.0780 e. The van der Waals surface area contributed by atoms with Crippen LogP contribution in [0.2, 0.25) is 0 Å². The third kappa shape index (κ3) is 8.30. The number of halogens is 1. The van der Waals surface area contributed by atoms with Crippen LogP contribution in [0.25, 0.3) is 0 Å². The first-order valence-corrected chi connectivity index (χ1v) is 5.10. The van der Waals surface area contributed by atoms with Crippen LogP contribution in [-0.4, -0.2) is 31.8 Å². The number of alkyl halides is 1. The van der Waals surface area contributed by atoms with E-state index in [-0.39, 0.29) is 6.10 Å². The van der Waals surface area contributed by atoms with Gasteiger partial charge in [-0.15, -0.1) is 0 Å². The zero-order chi connectivity index (χ0) is 8.53. The van der Waals surface area contributed by atoms with Gasteiger partial charge in [0, 0.05) is 19.0 Å². The first-order valence-electron chi connectivity index (χ1n) is 3.97. The summed E-state index contributed by atoms with van der Waals surface area (Å²) < 4.78 is 10.4. The molecule has 0 aliphatic rings. The summed E-state index contributed by atoms with van der Waals surface area (Å²) in [6.45, 7) is 3.56. The predicted octanol–water partition coefficient (Wildman–Crippen LogP) is 2.21. The van der Waals surface area contributed by atoms with Gasteiger partial charge in [0.15, 0.2) is 0 Å². The number of rotatable bonds is 7. The molecule has 3 heteroatoms. The van der Waals surface area contributed by atoms with E-state index in [1.807, 2.05) is 6.92 Å². The van der Waals surface area contributed by atoms with Crippen molar-refractivity contribution in [2.45, 2.75) is 25.9 Å². The lowest BCUT2D eigenvalue weighted by Gasteiger charge is -2.10. The van der Waals surface area contributed by atoms with Crippen molar-refractivity contribution in [2.24, 2.45) is 0 Å². The Hall–Kier alpha value is 0.400. The molecular formula is C8H17BrO2. The fraction of sp³-hybridized carbons (Fsp3) is 1.00. The average Bonchev–Trinajstić information content (AvgIpc) is 1.99. The molecule has 0 bridgehead atoms. The molecule has 0 saturated heterocycles. The van der Waals surface area contributed by atoms with Crippen LogP contribution in [0.1, 0.15) is 19.8 Å². The highest BCUT2D eigenvalue weighted by Gasteiger charge is 1.99. The zero-order valence-corrected chi connectivity index (χ0v) is 8.89. The van der Waals surface area contributed by atoms with Crippen molar-refractivity contribution in [3.63, 3.8) is 0 Å². The Balaban J connectivity index is 2.97. The van der Waals surface area contributed by atoms with Gasteiger partial charge in [0.2, 0.25) is 0 Å². The molecule has 0 saturated carbocycles. The second-order valence-electron chi connectivity index (χ2n) is 2.53. The van der Waals surface area contributed by atoms with E-state index < -0.39 is 0 Å². The van der Waals surface area contributed by atoms with Crippen LogP contribution in [0.5, 0.6) is 0 Å². The van der Waals surface area contributed by atoms with Crippen LogP contribution in [-0.2, 0) is 9.47 Å². The Morgan fingerprint density at radius 1 is 1.36 bits per heavy atom. The van der Waals surface area contributed by atoms with Crippen LogP contribution < -0.4 is 0 Å². The molecule has 68 valence electrons. The summed E-state index contributed by atoms with van der Waals surface area (Å²) in [6.07, 6.45) is 2.54. The molecule has 0 aromatic carbocycles. The SMILES string of the molecule is COC[C@@H](C)OCCCCBr. The van der Waals surface area contributed by atoms with Crippen LogP contribution in [0, 0.1) is 0 Å². The molecule has 0 unspecified atom stereocenters. The Morgan fingerprint density at radius 3 is 2.64 bits per heavy atom. The molecule has 0 heterocycles. The fourth-order valence-electron chi connectivity index (χ4n) is 0.764. The molecule has 1 atom stereocenters. The molecule has 0 spiro atoms. The molecule has 0 radical (unpaired) electrons. The van der Waals surface area contributed by atoms with Crippen molar-refractivity contribution >= 4 is 15.9 Å². The van der Waals surface area contributed by atoms with Gasteiger partial charge in [-0.2, -0.15) is 0 Å². The average molecular weight is 225 g/mol. The Morgan fingerprint density at radius 2 is 2.09 bits per heavy atom. The van der Waals surface area contributed by atoms with Crippen LogP contribution in [0.4, 0.5) is 0 Å².